The van der Waals surface area contributed by atoms with Crippen LogP contribution in [-0.4, -0.2) is 0 Å². The molecule has 0 saturated heterocycles. The molecule has 1 aliphatic carbocycles. The molecule has 1 fully saturated rings. The number of hydrogen-bond donors (Lipinski definition) is 0. The molecule has 0 spiro atoms. The molecule has 1 saturated carbocycles. The summed E-state index contributed by atoms with van der Waals surface area (Å²) in [6.45, 7) is 4.52. The summed E-state index contributed by atoms with van der Waals surface area (Å²) in [5.74, 6) is 7.71. The molecule has 0 aliphatic heterocycles. The van der Waals surface area contributed by atoms with Crippen LogP contribution in [-0.2, 0) is 6.42 Å². The summed E-state index contributed by atoms with van der Waals surface area (Å²) in [6, 6.07) is 18.7. The molecule has 0 heterocycles. The maximum atomic E-state index is 15.2. The summed E-state index contributed by atoms with van der Waals surface area (Å²) in [4.78, 5) is 0. The molecule has 0 nitrogen and oxygen atoms in total. The Morgan fingerprint density at radius 2 is 1.46 bits per heavy atom. The second kappa shape index (κ2) is 14.4. The van der Waals surface area contributed by atoms with E-state index in [2.05, 4.69) is 62.1 Å². The molecule has 0 N–H and O–H groups in total. The zero-order valence-corrected chi connectivity index (χ0v) is 23.1. The van der Waals surface area contributed by atoms with Gasteiger partial charge in [-0.25, -0.2) is 4.39 Å². The molecule has 0 amide bonds. The zero-order valence-electron chi connectivity index (χ0n) is 23.1. The van der Waals surface area contributed by atoms with Crippen molar-refractivity contribution in [1.82, 2.24) is 0 Å². The summed E-state index contributed by atoms with van der Waals surface area (Å²) < 4.78 is 15.2. The van der Waals surface area contributed by atoms with Crippen molar-refractivity contribution in [3.63, 3.8) is 0 Å². The van der Waals surface area contributed by atoms with E-state index >= 15 is 4.39 Å². The molecular weight excluding hydrogens is 451 g/mol. The fourth-order valence-corrected chi connectivity index (χ4v) is 5.97. The van der Waals surface area contributed by atoms with Crippen LogP contribution in [0.1, 0.15) is 125 Å². The number of hydrogen-bond acceptors (Lipinski definition) is 0. The van der Waals surface area contributed by atoms with Crippen LogP contribution in [0.5, 0.6) is 0 Å². The van der Waals surface area contributed by atoms with Crippen LogP contribution >= 0.6 is 0 Å². The molecule has 3 aromatic carbocycles. The van der Waals surface area contributed by atoms with Gasteiger partial charge in [0.2, 0.25) is 0 Å². The third-order valence-electron chi connectivity index (χ3n) is 8.37. The first kappa shape index (κ1) is 27.4. The smallest absolute Gasteiger partial charge is 0.146 e. The van der Waals surface area contributed by atoms with Gasteiger partial charge in [0.05, 0.1) is 5.56 Å². The van der Waals surface area contributed by atoms with E-state index < -0.39 is 0 Å². The van der Waals surface area contributed by atoms with Crippen molar-refractivity contribution < 1.29 is 4.39 Å². The van der Waals surface area contributed by atoms with Crippen molar-refractivity contribution in [2.75, 3.05) is 0 Å². The summed E-state index contributed by atoms with van der Waals surface area (Å²) in [7, 11) is 0. The van der Waals surface area contributed by atoms with Gasteiger partial charge >= 0.3 is 0 Å². The van der Waals surface area contributed by atoms with Crippen LogP contribution < -0.4 is 0 Å². The van der Waals surface area contributed by atoms with Crippen molar-refractivity contribution in [1.29, 1.82) is 0 Å². The first-order valence-electron chi connectivity index (χ1n) is 15.0. The maximum absolute atomic E-state index is 15.2. The van der Waals surface area contributed by atoms with Gasteiger partial charge in [0.1, 0.15) is 5.82 Å². The molecule has 0 bridgehead atoms. The van der Waals surface area contributed by atoms with Crippen molar-refractivity contribution in [3.8, 4) is 11.8 Å². The van der Waals surface area contributed by atoms with E-state index in [0.29, 0.717) is 16.9 Å². The van der Waals surface area contributed by atoms with Gasteiger partial charge in [-0.3, -0.25) is 0 Å². The van der Waals surface area contributed by atoms with E-state index in [1.54, 1.807) is 0 Å². The zero-order chi connectivity index (χ0) is 25.9. The molecule has 37 heavy (non-hydrogen) atoms. The standard InChI is InChI=1S/C36H45F/c1-3-5-7-9-11-28-13-19-31(20-14-28)32-21-15-29(16-22-32)17-23-33-24-25-34-27-30(12-10-8-6-4-2)18-26-35(34)36(33)37/h15-16,18,21-22,24-28,31H,3-14,19-20H2,1-2H3. The Morgan fingerprint density at radius 3 is 2.19 bits per heavy atom. The third kappa shape index (κ3) is 7.95. The predicted molar refractivity (Wildman–Crippen MR) is 158 cm³/mol. The van der Waals surface area contributed by atoms with Gasteiger partial charge in [-0.15, -0.1) is 0 Å². The monoisotopic (exact) mass is 496 g/mol. The average Bonchev–Trinajstić information content (AvgIpc) is 2.94. The van der Waals surface area contributed by atoms with E-state index in [1.165, 1.54) is 94.6 Å². The highest BCUT2D eigenvalue weighted by atomic mass is 19.1. The Labute approximate surface area is 225 Å². The molecule has 0 radical (unpaired) electrons. The van der Waals surface area contributed by atoms with Crippen molar-refractivity contribution in [3.05, 3.63) is 82.7 Å². The lowest BCUT2D eigenvalue weighted by molar-refractivity contribution is 0.302. The minimum absolute atomic E-state index is 0.203. The lowest BCUT2D eigenvalue weighted by atomic mass is 9.77. The maximum Gasteiger partial charge on any atom is 0.146 e. The fourth-order valence-electron chi connectivity index (χ4n) is 5.97. The Hall–Kier alpha value is -2.59. The van der Waals surface area contributed by atoms with Gasteiger partial charge in [-0.2, -0.15) is 0 Å². The molecule has 3 aromatic rings. The first-order chi connectivity index (χ1) is 18.2. The number of benzene rings is 3. The number of rotatable bonds is 11. The molecule has 4 rings (SSSR count). The largest absolute Gasteiger partial charge is 0.205 e. The molecule has 0 atom stereocenters. The van der Waals surface area contributed by atoms with E-state index in [-0.39, 0.29) is 5.82 Å². The minimum Gasteiger partial charge on any atom is -0.205 e. The van der Waals surface area contributed by atoms with Gasteiger partial charge in [0, 0.05) is 10.9 Å². The number of aryl methyl sites for hydroxylation is 1. The van der Waals surface area contributed by atoms with E-state index in [4.69, 9.17) is 0 Å². The van der Waals surface area contributed by atoms with Gasteiger partial charge in [0.25, 0.3) is 0 Å². The Kier molecular flexibility index (Phi) is 10.7. The first-order valence-corrected chi connectivity index (χ1v) is 15.0. The van der Waals surface area contributed by atoms with Crippen molar-refractivity contribution in [2.24, 2.45) is 5.92 Å². The van der Waals surface area contributed by atoms with Gasteiger partial charge in [-0.05, 0) is 85.1 Å². The summed E-state index contributed by atoms with van der Waals surface area (Å²) in [5.41, 5.74) is 4.17. The topological polar surface area (TPSA) is 0 Å². The van der Waals surface area contributed by atoms with Crippen LogP contribution in [0.2, 0.25) is 0 Å². The van der Waals surface area contributed by atoms with Crippen LogP contribution in [0.15, 0.2) is 54.6 Å². The highest BCUT2D eigenvalue weighted by Crippen LogP contribution is 2.37. The molecule has 1 aliphatic rings. The second-order valence-corrected chi connectivity index (χ2v) is 11.2. The number of fused-ring (bicyclic) bond motifs is 1. The average molecular weight is 497 g/mol. The van der Waals surface area contributed by atoms with Crippen LogP contribution in [0.4, 0.5) is 4.39 Å². The summed E-state index contributed by atoms with van der Waals surface area (Å²) in [6.07, 6.45) is 18.4. The van der Waals surface area contributed by atoms with Gasteiger partial charge < -0.3 is 0 Å². The lowest BCUT2D eigenvalue weighted by Crippen LogP contribution is -2.13. The third-order valence-corrected chi connectivity index (χ3v) is 8.37. The van der Waals surface area contributed by atoms with Crippen LogP contribution in [0.25, 0.3) is 10.8 Å². The van der Waals surface area contributed by atoms with E-state index in [0.717, 1.165) is 23.3 Å². The van der Waals surface area contributed by atoms with Gasteiger partial charge in [-0.1, -0.05) is 113 Å². The molecular formula is C36H45F. The van der Waals surface area contributed by atoms with E-state index in [9.17, 15) is 0 Å². The minimum atomic E-state index is -0.203. The highest BCUT2D eigenvalue weighted by Gasteiger charge is 2.22. The quantitative estimate of drug-likeness (QED) is 0.183. The normalized spacial score (nSPS) is 17.5. The number of halogens is 1. The van der Waals surface area contributed by atoms with Crippen molar-refractivity contribution in [2.45, 2.75) is 110 Å². The molecule has 0 unspecified atom stereocenters. The Morgan fingerprint density at radius 1 is 0.730 bits per heavy atom. The lowest BCUT2D eigenvalue weighted by Gasteiger charge is -2.29. The molecule has 0 aromatic heterocycles. The summed E-state index contributed by atoms with van der Waals surface area (Å²) in [5, 5.41) is 1.64. The van der Waals surface area contributed by atoms with E-state index in [1.807, 2.05) is 18.2 Å². The summed E-state index contributed by atoms with van der Waals surface area (Å²) >= 11 is 0. The van der Waals surface area contributed by atoms with Crippen molar-refractivity contribution >= 4 is 10.8 Å². The Bertz CT molecular complexity index is 1170. The SMILES string of the molecule is CCCCCCc1ccc2c(F)c(C#Cc3ccc(C4CCC(CCCCCC)CC4)cc3)ccc2c1. The molecule has 1 heteroatoms. The molecule has 196 valence electrons. The highest BCUT2D eigenvalue weighted by molar-refractivity contribution is 5.85. The van der Waals surface area contributed by atoms with Crippen LogP contribution in [0.3, 0.4) is 0 Å². The number of unbranched alkanes of at least 4 members (excludes halogenated alkanes) is 6. The predicted octanol–water partition coefficient (Wildman–Crippen LogP) is 10.7. The Balaban J connectivity index is 1.34. The second-order valence-electron chi connectivity index (χ2n) is 11.2. The fraction of sp³-hybridized carbons (Fsp3) is 0.500. The van der Waals surface area contributed by atoms with Gasteiger partial charge in [0.15, 0.2) is 0 Å². The van der Waals surface area contributed by atoms with Crippen LogP contribution in [0, 0.1) is 23.6 Å².